The van der Waals surface area contributed by atoms with Crippen LogP contribution >= 0.6 is 32.1 Å². The number of benzene rings is 2. The maximum Gasteiger partial charge on any atom is 0.283 e. The molecule has 192 valence electrons. The number of carbonyl (C=O) groups is 1. The molecule has 1 fully saturated rings. The Morgan fingerprint density at radius 1 is 1.09 bits per heavy atom. The van der Waals surface area contributed by atoms with Crippen LogP contribution in [-0.2, 0) is 25.2 Å². The van der Waals surface area contributed by atoms with Gasteiger partial charge in [0.15, 0.2) is 0 Å². The lowest BCUT2D eigenvalue weighted by Crippen LogP contribution is -2.33. The smallest absolute Gasteiger partial charge is 0.283 e. The molecule has 0 radical (unpaired) electrons. The van der Waals surface area contributed by atoms with Crippen LogP contribution in [-0.4, -0.2) is 41.7 Å². The van der Waals surface area contributed by atoms with Crippen LogP contribution in [0.2, 0.25) is 0 Å². The molecule has 1 aliphatic rings. The van der Waals surface area contributed by atoms with Gasteiger partial charge in [-0.3, -0.25) is 12.2 Å². The summed E-state index contributed by atoms with van der Waals surface area (Å²) in [6.07, 6.45) is 3.24. The van der Waals surface area contributed by atoms with Crippen molar-refractivity contribution in [3.8, 4) is 5.75 Å². The molecule has 1 aliphatic carbocycles. The lowest BCUT2D eigenvalue weighted by Gasteiger charge is -2.29. The second-order valence-corrected chi connectivity index (χ2v) is 11.9. The van der Waals surface area contributed by atoms with Crippen molar-refractivity contribution in [3.63, 3.8) is 0 Å². The van der Waals surface area contributed by atoms with Gasteiger partial charge in [-0.1, -0.05) is 21.4 Å². The number of halogens is 3. The summed E-state index contributed by atoms with van der Waals surface area (Å²) < 4.78 is 67.3. The van der Waals surface area contributed by atoms with Crippen molar-refractivity contribution in [3.05, 3.63) is 48.0 Å². The van der Waals surface area contributed by atoms with Crippen molar-refractivity contribution in [2.45, 2.75) is 42.3 Å². The highest BCUT2D eigenvalue weighted by molar-refractivity contribution is 14.1. The summed E-state index contributed by atoms with van der Waals surface area (Å²) in [6.45, 7) is 0. The van der Waals surface area contributed by atoms with Crippen LogP contribution in [0.5, 0.6) is 5.75 Å². The monoisotopic (exact) mass is 640 g/mol. The first kappa shape index (κ1) is 28.0. The Morgan fingerprint density at radius 3 is 2.31 bits per heavy atom. The Kier molecular flexibility index (Phi) is 8.99. The van der Waals surface area contributed by atoms with Crippen molar-refractivity contribution in [2.24, 2.45) is 5.92 Å². The molecular weight excluding hydrogens is 612 g/mol. The Bertz CT molecular complexity index is 1170. The summed E-state index contributed by atoms with van der Waals surface area (Å²) >= 11 is 1.91. The molecule has 0 spiro atoms. The zero-order valence-electron chi connectivity index (χ0n) is 19.6. The van der Waals surface area contributed by atoms with Gasteiger partial charge in [0.05, 0.1) is 47.5 Å². The molecule has 3 rings (SSSR count). The van der Waals surface area contributed by atoms with Crippen LogP contribution in [0.25, 0.3) is 0 Å². The van der Waals surface area contributed by atoms with E-state index in [4.69, 9.17) is 9.47 Å². The third kappa shape index (κ3) is 6.23. The summed E-state index contributed by atoms with van der Waals surface area (Å²) in [5.41, 5.74) is -2.97. The Morgan fingerprint density at radius 2 is 1.74 bits per heavy atom. The summed E-state index contributed by atoms with van der Waals surface area (Å²) in [4.78, 5) is 12.9. The van der Waals surface area contributed by atoms with E-state index in [1.54, 1.807) is 7.11 Å². The summed E-state index contributed by atoms with van der Waals surface area (Å²) in [5.74, 6) is -0.162. The van der Waals surface area contributed by atoms with Crippen LogP contribution in [0.15, 0.2) is 47.4 Å². The number of anilines is 2. The first-order valence-corrected chi connectivity index (χ1v) is 13.8. The summed E-state index contributed by atoms with van der Waals surface area (Å²) in [6, 6.07) is 9.52. The van der Waals surface area contributed by atoms with Crippen LogP contribution < -0.4 is 12.2 Å². The number of nitrogens with zero attached hydrogens (tertiary/aromatic N) is 2. The van der Waals surface area contributed by atoms with E-state index in [9.17, 15) is 22.0 Å². The minimum Gasteiger partial charge on any atom is -0.495 e. The number of rotatable bonds is 8. The Hall–Kier alpha value is -1.56. The lowest BCUT2D eigenvalue weighted by atomic mass is 9.87. The Labute approximate surface area is 220 Å². The van der Waals surface area contributed by atoms with E-state index in [1.165, 1.54) is 62.9 Å². The Balaban J connectivity index is 1.86. The normalized spacial score (nSPS) is 18.7. The van der Waals surface area contributed by atoms with Gasteiger partial charge in [0.1, 0.15) is 10.6 Å². The van der Waals surface area contributed by atoms with E-state index in [1.807, 2.05) is 22.9 Å². The van der Waals surface area contributed by atoms with E-state index < -0.39 is 15.7 Å². The van der Waals surface area contributed by atoms with E-state index in [0.717, 1.165) is 36.1 Å². The molecule has 0 heterocycles. The maximum atomic E-state index is 13.7. The SMILES string of the molecule is COc1cc(N(I)C(=O)[C@H]2CC[C@H](OC)CC2)ccc1S(=O)(=O)N(C)c1cccc(C(F)(F)P)c1. The van der Waals surface area contributed by atoms with Crippen molar-refractivity contribution >= 4 is 59.4 Å². The molecule has 1 amide bonds. The minimum absolute atomic E-state index is 0.0411. The van der Waals surface area contributed by atoms with Gasteiger partial charge in [0, 0.05) is 31.7 Å². The highest BCUT2D eigenvalue weighted by Gasteiger charge is 2.32. The predicted molar refractivity (Wildman–Crippen MR) is 143 cm³/mol. The number of alkyl halides is 2. The molecule has 0 saturated heterocycles. The number of ether oxygens (including phenoxy) is 2. The standard InChI is InChI=1S/C23H28F2IN2O5PS/c1-27(17-6-4-5-16(13-17)23(24,25)34)35(30,31)21-12-9-18(14-20(21)33-3)28(26)22(29)15-7-10-19(32-2)11-8-15/h4-6,9,12-15,19H,7-8,10-11,34H2,1-3H3/t15-,19-. The van der Waals surface area contributed by atoms with Crippen molar-refractivity contribution < 1.29 is 31.5 Å². The average molecular weight is 640 g/mol. The van der Waals surface area contributed by atoms with Crippen molar-refractivity contribution in [2.75, 3.05) is 28.7 Å². The minimum atomic E-state index is -4.15. The largest absolute Gasteiger partial charge is 0.495 e. The van der Waals surface area contributed by atoms with E-state index >= 15 is 0 Å². The fourth-order valence-electron chi connectivity index (χ4n) is 4.02. The third-order valence-electron chi connectivity index (χ3n) is 6.16. The second kappa shape index (κ2) is 11.2. The quantitative estimate of drug-likeness (QED) is 0.222. The molecule has 0 bridgehead atoms. The number of hydrogen-bond acceptors (Lipinski definition) is 5. The average Bonchev–Trinajstić information content (AvgIpc) is 2.86. The first-order valence-electron chi connectivity index (χ1n) is 10.9. The van der Waals surface area contributed by atoms with Gasteiger partial charge < -0.3 is 9.47 Å². The van der Waals surface area contributed by atoms with Crippen molar-refractivity contribution in [1.82, 2.24) is 0 Å². The first-order chi connectivity index (χ1) is 16.4. The van der Waals surface area contributed by atoms with E-state index in [2.05, 4.69) is 0 Å². The van der Waals surface area contributed by atoms with Gasteiger partial charge in [-0.2, -0.15) is 8.78 Å². The molecule has 1 unspecified atom stereocenters. The van der Waals surface area contributed by atoms with E-state index in [0.29, 0.717) is 5.69 Å². The topological polar surface area (TPSA) is 76.1 Å². The molecule has 2 aromatic rings. The van der Waals surface area contributed by atoms with Gasteiger partial charge in [-0.15, -0.1) is 0 Å². The molecule has 2 aromatic carbocycles. The zero-order valence-corrected chi connectivity index (χ0v) is 23.7. The third-order valence-corrected chi connectivity index (χ3v) is 9.35. The highest BCUT2D eigenvalue weighted by atomic mass is 127. The fraction of sp³-hybridized carbons (Fsp3) is 0.435. The van der Waals surface area contributed by atoms with Gasteiger partial charge in [0.25, 0.3) is 15.7 Å². The molecule has 0 aromatic heterocycles. The lowest BCUT2D eigenvalue weighted by molar-refractivity contribution is -0.122. The van der Waals surface area contributed by atoms with Crippen LogP contribution in [0.3, 0.4) is 0 Å². The van der Waals surface area contributed by atoms with Gasteiger partial charge in [-0.25, -0.2) is 8.42 Å². The van der Waals surface area contributed by atoms with Crippen molar-refractivity contribution in [1.29, 1.82) is 0 Å². The van der Waals surface area contributed by atoms with Gasteiger partial charge >= 0.3 is 0 Å². The van der Waals surface area contributed by atoms with Crippen LogP contribution in [0.1, 0.15) is 31.2 Å². The van der Waals surface area contributed by atoms with Crippen LogP contribution in [0, 0.1) is 5.92 Å². The highest BCUT2D eigenvalue weighted by Crippen LogP contribution is 2.38. The predicted octanol–water partition coefficient (Wildman–Crippen LogP) is 5.33. The maximum absolute atomic E-state index is 13.7. The fourth-order valence-corrected chi connectivity index (χ4v) is 6.22. The number of hydrogen-bond donors (Lipinski definition) is 0. The number of carbonyl (C=O) groups excluding carboxylic acids is 1. The number of sulfonamides is 1. The molecule has 0 N–H and O–H groups in total. The summed E-state index contributed by atoms with van der Waals surface area (Å²) in [5, 5.41) is 0. The molecule has 7 nitrogen and oxygen atoms in total. The number of amides is 1. The number of methoxy groups -OCH3 is 2. The molecule has 1 saturated carbocycles. The van der Waals surface area contributed by atoms with Crippen LogP contribution in [0.4, 0.5) is 20.2 Å². The van der Waals surface area contributed by atoms with Gasteiger partial charge in [0.2, 0.25) is 5.91 Å². The second-order valence-electron chi connectivity index (χ2n) is 8.31. The van der Waals surface area contributed by atoms with E-state index in [-0.39, 0.29) is 39.8 Å². The molecule has 12 heteroatoms. The molecular formula is C23H28F2IN2O5PS. The molecule has 35 heavy (non-hydrogen) atoms. The van der Waals surface area contributed by atoms with Gasteiger partial charge in [-0.05, 0) is 49.9 Å². The zero-order chi connectivity index (χ0) is 26.0. The molecule has 0 aliphatic heterocycles. The summed E-state index contributed by atoms with van der Waals surface area (Å²) in [7, 11) is 1.58. The molecule has 1 atom stereocenters.